The number of aromatic nitrogens is 6. The fourth-order valence-corrected chi connectivity index (χ4v) is 2.24. The van der Waals surface area contributed by atoms with Gasteiger partial charge in [-0.3, -0.25) is 0 Å². The number of hydrogen-bond acceptors (Lipinski definition) is 4. The third-order valence-corrected chi connectivity index (χ3v) is 3.18. The number of benzene rings is 1. The second-order valence-electron chi connectivity index (χ2n) is 3.90. The SMILES string of the molecule is Cc1nn(-c2ccc(Cl)cc2Cl)cc1-c1nn[nH]n1. The molecule has 2 aromatic heterocycles. The summed E-state index contributed by atoms with van der Waals surface area (Å²) in [6, 6.07) is 5.23. The highest BCUT2D eigenvalue weighted by Gasteiger charge is 2.13. The number of hydrogen-bond donors (Lipinski definition) is 1. The monoisotopic (exact) mass is 294 g/mol. The predicted molar refractivity (Wildman–Crippen MR) is 71.5 cm³/mol. The van der Waals surface area contributed by atoms with Gasteiger partial charge in [0.1, 0.15) is 0 Å². The maximum atomic E-state index is 6.16. The number of halogens is 2. The van der Waals surface area contributed by atoms with Gasteiger partial charge in [0.15, 0.2) is 0 Å². The van der Waals surface area contributed by atoms with Crippen LogP contribution in [0.25, 0.3) is 17.1 Å². The average Bonchev–Trinajstić information content (AvgIpc) is 2.98. The van der Waals surface area contributed by atoms with Crippen LogP contribution in [0.1, 0.15) is 5.69 Å². The van der Waals surface area contributed by atoms with Crippen LogP contribution >= 0.6 is 23.2 Å². The van der Waals surface area contributed by atoms with Crippen LogP contribution in [0.5, 0.6) is 0 Å². The van der Waals surface area contributed by atoms with Crippen LogP contribution in [-0.4, -0.2) is 30.4 Å². The van der Waals surface area contributed by atoms with E-state index in [0.29, 0.717) is 15.9 Å². The first-order valence-corrected chi connectivity index (χ1v) is 6.16. The molecule has 0 spiro atoms. The summed E-state index contributed by atoms with van der Waals surface area (Å²) in [7, 11) is 0. The maximum Gasteiger partial charge on any atom is 0.208 e. The van der Waals surface area contributed by atoms with E-state index in [-0.39, 0.29) is 0 Å². The molecule has 0 amide bonds. The maximum absolute atomic E-state index is 6.16. The first-order chi connectivity index (χ1) is 9.15. The molecule has 0 atom stereocenters. The lowest BCUT2D eigenvalue weighted by atomic mass is 10.2. The largest absolute Gasteiger partial charge is 0.238 e. The van der Waals surface area contributed by atoms with Crippen molar-refractivity contribution in [3.63, 3.8) is 0 Å². The van der Waals surface area contributed by atoms with E-state index in [0.717, 1.165) is 16.9 Å². The predicted octanol–water partition coefficient (Wildman–Crippen LogP) is 2.67. The second kappa shape index (κ2) is 4.64. The number of H-pyrrole nitrogens is 1. The molecule has 0 radical (unpaired) electrons. The Labute approximate surface area is 118 Å². The first kappa shape index (κ1) is 12.1. The second-order valence-corrected chi connectivity index (χ2v) is 4.75. The standard InChI is InChI=1S/C11H8Cl2N6/c1-6-8(11-14-17-18-15-11)5-19(16-6)10-3-2-7(12)4-9(10)13/h2-5H,1H3,(H,14,15,17,18). The van der Waals surface area contributed by atoms with Crippen LogP contribution in [0.2, 0.25) is 10.0 Å². The van der Waals surface area contributed by atoms with Crippen molar-refractivity contribution in [1.29, 1.82) is 0 Å². The smallest absolute Gasteiger partial charge is 0.208 e. The normalized spacial score (nSPS) is 10.9. The van der Waals surface area contributed by atoms with Crippen molar-refractivity contribution in [1.82, 2.24) is 30.4 Å². The Kier molecular flexibility index (Phi) is 2.96. The summed E-state index contributed by atoms with van der Waals surface area (Å²) in [6.07, 6.45) is 1.80. The Morgan fingerprint density at radius 1 is 1.26 bits per heavy atom. The fraction of sp³-hybridized carbons (Fsp3) is 0.0909. The summed E-state index contributed by atoms with van der Waals surface area (Å²) in [4.78, 5) is 0. The van der Waals surface area contributed by atoms with Crippen LogP contribution in [0.3, 0.4) is 0 Å². The molecule has 96 valence electrons. The van der Waals surface area contributed by atoms with Crippen LogP contribution in [-0.2, 0) is 0 Å². The van der Waals surface area contributed by atoms with Crippen molar-refractivity contribution in [3.8, 4) is 17.1 Å². The number of tetrazole rings is 1. The molecule has 0 bridgehead atoms. The molecule has 8 heteroatoms. The summed E-state index contributed by atoms with van der Waals surface area (Å²) in [5.74, 6) is 0.494. The summed E-state index contributed by atoms with van der Waals surface area (Å²) >= 11 is 12.0. The number of aromatic amines is 1. The van der Waals surface area contributed by atoms with Crippen molar-refractivity contribution in [3.05, 3.63) is 40.1 Å². The first-order valence-electron chi connectivity index (χ1n) is 5.40. The van der Waals surface area contributed by atoms with Crippen molar-refractivity contribution < 1.29 is 0 Å². The Balaban J connectivity index is 2.10. The zero-order chi connectivity index (χ0) is 13.4. The van der Waals surface area contributed by atoms with E-state index in [1.165, 1.54) is 0 Å². The molecule has 3 rings (SSSR count). The molecule has 3 aromatic rings. The molecular weight excluding hydrogens is 287 g/mol. The summed E-state index contributed by atoms with van der Waals surface area (Å²) in [6.45, 7) is 1.87. The molecule has 6 nitrogen and oxygen atoms in total. The molecule has 0 saturated carbocycles. The van der Waals surface area contributed by atoms with E-state index in [2.05, 4.69) is 25.7 Å². The van der Waals surface area contributed by atoms with E-state index in [1.807, 2.05) is 6.92 Å². The van der Waals surface area contributed by atoms with Gasteiger partial charge in [0, 0.05) is 11.2 Å². The molecule has 0 aliphatic heterocycles. The summed E-state index contributed by atoms with van der Waals surface area (Å²) < 4.78 is 1.67. The minimum atomic E-state index is 0.494. The highest BCUT2D eigenvalue weighted by molar-refractivity contribution is 6.35. The number of aryl methyl sites for hydroxylation is 1. The quantitative estimate of drug-likeness (QED) is 0.789. The molecule has 0 saturated heterocycles. The fourth-order valence-electron chi connectivity index (χ4n) is 1.75. The van der Waals surface area contributed by atoms with Crippen LogP contribution < -0.4 is 0 Å². The molecule has 19 heavy (non-hydrogen) atoms. The number of rotatable bonds is 2. The van der Waals surface area contributed by atoms with Crippen molar-refractivity contribution in [2.45, 2.75) is 6.92 Å². The Bertz CT molecular complexity index is 719. The van der Waals surface area contributed by atoms with E-state index in [1.54, 1.807) is 29.1 Å². The van der Waals surface area contributed by atoms with Gasteiger partial charge in [-0.05, 0) is 30.3 Å². The highest BCUT2D eigenvalue weighted by Crippen LogP contribution is 2.26. The third-order valence-electron chi connectivity index (χ3n) is 2.64. The van der Waals surface area contributed by atoms with Gasteiger partial charge >= 0.3 is 0 Å². The lowest BCUT2D eigenvalue weighted by molar-refractivity contribution is 0.863. The Morgan fingerprint density at radius 2 is 2.11 bits per heavy atom. The van der Waals surface area contributed by atoms with Gasteiger partial charge in [-0.15, -0.1) is 10.2 Å². The molecule has 2 heterocycles. The molecule has 1 aromatic carbocycles. The van der Waals surface area contributed by atoms with E-state index in [9.17, 15) is 0 Å². The summed E-state index contributed by atoms with van der Waals surface area (Å²) in [5, 5.41) is 19.3. The minimum absolute atomic E-state index is 0.494. The molecule has 0 fully saturated rings. The van der Waals surface area contributed by atoms with Crippen molar-refractivity contribution in [2.24, 2.45) is 0 Å². The molecule has 0 aliphatic carbocycles. The van der Waals surface area contributed by atoms with Crippen molar-refractivity contribution in [2.75, 3.05) is 0 Å². The highest BCUT2D eigenvalue weighted by atomic mass is 35.5. The minimum Gasteiger partial charge on any atom is -0.238 e. The van der Waals surface area contributed by atoms with Gasteiger partial charge < -0.3 is 0 Å². The number of nitrogens with zero attached hydrogens (tertiary/aromatic N) is 5. The van der Waals surface area contributed by atoms with Crippen LogP contribution in [0.4, 0.5) is 0 Å². The molecule has 0 unspecified atom stereocenters. The van der Waals surface area contributed by atoms with Crippen LogP contribution in [0.15, 0.2) is 24.4 Å². The molecule has 1 N–H and O–H groups in total. The zero-order valence-corrected chi connectivity index (χ0v) is 11.3. The topological polar surface area (TPSA) is 72.3 Å². The van der Waals surface area contributed by atoms with Gasteiger partial charge in [0.25, 0.3) is 0 Å². The van der Waals surface area contributed by atoms with E-state index >= 15 is 0 Å². The van der Waals surface area contributed by atoms with Gasteiger partial charge in [0.05, 0.1) is 22.0 Å². The van der Waals surface area contributed by atoms with Gasteiger partial charge in [0.2, 0.25) is 5.82 Å². The molecular formula is C11H8Cl2N6. The van der Waals surface area contributed by atoms with E-state index < -0.39 is 0 Å². The number of nitrogens with one attached hydrogen (secondary N) is 1. The third kappa shape index (κ3) is 2.20. The summed E-state index contributed by atoms with van der Waals surface area (Å²) in [5.41, 5.74) is 2.32. The van der Waals surface area contributed by atoms with Gasteiger partial charge in [-0.1, -0.05) is 23.2 Å². The average molecular weight is 295 g/mol. The lowest BCUT2D eigenvalue weighted by Crippen LogP contribution is -1.95. The van der Waals surface area contributed by atoms with Crippen molar-refractivity contribution >= 4 is 23.2 Å². The Morgan fingerprint density at radius 3 is 2.79 bits per heavy atom. The molecule has 0 aliphatic rings. The van der Waals surface area contributed by atoms with E-state index in [4.69, 9.17) is 23.2 Å². The van der Waals surface area contributed by atoms with Gasteiger partial charge in [-0.25, -0.2) is 4.68 Å². The lowest BCUT2D eigenvalue weighted by Gasteiger charge is -2.03. The zero-order valence-electron chi connectivity index (χ0n) is 9.80. The Hall–Kier alpha value is -1.92. The van der Waals surface area contributed by atoms with Gasteiger partial charge in [-0.2, -0.15) is 10.3 Å². The van der Waals surface area contributed by atoms with Crippen LogP contribution in [0, 0.1) is 6.92 Å².